The van der Waals surface area contributed by atoms with E-state index in [1.807, 2.05) is 20.8 Å². The number of amides is 1. The first kappa shape index (κ1) is 10.4. The third kappa shape index (κ3) is 3.37. The average molecular weight is 159 g/mol. The molecular formula is C8H17NO2. The number of aliphatic hydroxyl groups excluding tert-OH is 1. The number of carbonyl (C=O) groups excluding carboxylic acids is 1. The fraction of sp³-hybridized carbons (Fsp3) is 0.875. The van der Waals surface area contributed by atoms with Crippen molar-refractivity contribution >= 4 is 5.91 Å². The van der Waals surface area contributed by atoms with Gasteiger partial charge in [-0.05, 0) is 19.8 Å². The molecule has 0 aliphatic heterocycles. The molecule has 0 radical (unpaired) electrons. The Labute approximate surface area is 67.8 Å². The molecular weight excluding hydrogens is 142 g/mol. The van der Waals surface area contributed by atoms with Crippen LogP contribution in [-0.4, -0.2) is 23.2 Å². The Morgan fingerprint density at radius 2 is 1.91 bits per heavy atom. The van der Waals surface area contributed by atoms with Crippen LogP contribution < -0.4 is 5.32 Å². The third-order valence-corrected chi connectivity index (χ3v) is 2.15. The number of aliphatic hydroxyl groups is 1. The summed E-state index contributed by atoms with van der Waals surface area (Å²) in [6, 6.07) is 0. The summed E-state index contributed by atoms with van der Waals surface area (Å²) in [6.45, 7) is 5.58. The van der Waals surface area contributed by atoms with Gasteiger partial charge in [-0.3, -0.25) is 4.79 Å². The van der Waals surface area contributed by atoms with E-state index < -0.39 is 6.61 Å². The minimum absolute atomic E-state index is 0.153. The van der Waals surface area contributed by atoms with Crippen molar-refractivity contribution in [1.29, 1.82) is 0 Å². The zero-order chi connectivity index (χ0) is 8.91. The van der Waals surface area contributed by atoms with E-state index in [4.69, 9.17) is 5.11 Å². The topological polar surface area (TPSA) is 49.3 Å². The molecule has 11 heavy (non-hydrogen) atoms. The van der Waals surface area contributed by atoms with E-state index in [0.29, 0.717) is 0 Å². The first-order chi connectivity index (χ1) is 5.08. The molecule has 0 saturated heterocycles. The van der Waals surface area contributed by atoms with Gasteiger partial charge < -0.3 is 10.4 Å². The lowest BCUT2D eigenvalue weighted by molar-refractivity contribution is -0.125. The van der Waals surface area contributed by atoms with Crippen LogP contribution in [-0.2, 0) is 4.79 Å². The fourth-order valence-electron chi connectivity index (χ4n) is 0.803. The van der Waals surface area contributed by atoms with Gasteiger partial charge >= 0.3 is 0 Å². The lowest BCUT2D eigenvalue weighted by Gasteiger charge is -2.27. The Morgan fingerprint density at radius 1 is 1.45 bits per heavy atom. The summed E-state index contributed by atoms with van der Waals surface area (Å²) in [6.07, 6.45) is 1.77. The second-order valence-corrected chi connectivity index (χ2v) is 2.97. The molecule has 2 N–H and O–H groups in total. The Balaban J connectivity index is 3.96. The van der Waals surface area contributed by atoms with Crippen LogP contribution in [0.5, 0.6) is 0 Å². The highest BCUT2D eigenvalue weighted by molar-refractivity contribution is 5.77. The smallest absolute Gasteiger partial charge is 0.246 e. The van der Waals surface area contributed by atoms with Crippen molar-refractivity contribution in [3.8, 4) is 0 Å². The van der Waals surface area contributed by atoms with Crippen molar-refractivity contribution in [3.63, 3.8) is 0 Å². The molecule has 0 unspecified atom stereocenters. The van der Waals surface area contributed by atoms with Crippen molar-refractivity contribution in [2.45, 2.75) is 39.2 Å². The molecule has 0 atom stereocenters. The number of rotatable bonds is 4. The van der Waals surface area contributed by atoms with Crippen molar-refractivity contribution in [3.05, 3.63) is 0 Å². The standard InChI is InChI=1S/C8H17NO2/c1-4-8(3,5-2)9-7(11)6-10/h10H,4-6H2,1-3H3,(H,9,11). The highest BCUT2D eigenvalue weighted by Gasteiger charge is 2.20. The fourth-order valence-corrected chi connectivity index (χ4v) is 0.803. The van der Waals surface area contributed by atoms with Crippen LogP contribution in [0, 0.1) is 0 Å². The molecule has 3 nitrogen and oxygen atoms in total. The molecule has 0 aliphatic carbocycles. The first-order valence-corrected chi connectivity index (χ1v) is 4.00. The molecule has 0 aromatic rings. The van der Waals surface area contributed by atoms with Crippen LogP contribution >= 0.6 is 0 Å². The van der Waals surface area contributed by atoms with Gasteiger partial charge in [-0.25, -0.2) is 0 Å². The molecule has 0 aromatic heterocycles. The Morgan fingerprint density at radius 3 is 2.18 bits per heavy atom. The normalized spacial score (nSPS) is 11.3. The van der Waals surface area contributed by atoms with Crippen molar-refractivity contribution in [2.24, 2.45) is 0 Å². The van der Waals surface area contributed by atoms with Crippen LogP contribution in [0.2, 0.25) is 0 Å². The quantitative estimate of drug-likeness (QED) is 0.633. The summed E-state index contributed by atoms with van der Waals surface area (Å²) in [5.41, 5.74) is -0.153. The molecule has 0 spiro atoms. The number of hydrogen-bond donors (Lipinski definition) is 2. The van der Waals surface area contributed by atoms with Gasteiger partial charge in [-0.15, -0.1) is 0 Å². The zero-order valence-corrected chi connectivity index (χ0v) is 7.48. The molecule has 3 heteroatoms. The Kier molecular flexibility index (Phi) is 4.11. The van der Waals surface area contributed by atoms with E-state index in [-0.39, 0.29) is 11.4 Å². The van der Waals surface area contributed by atoms with Crippen LogP contribution in [0.3, 0.4) is 0 Å². The van der Waals surface area contributed by atoms with Crippen molar-refractivity contribution in [2.75, 3.05) is 6.61 Å². The molecule has 1 amide bonds. The minimum atomic E-state index is -0.421. The SMILES string of the molecule is CCC(C)(CC)NC(=O)CO. The highest BCUT2D eigenvalue weighted by Crippen LogP contribution is 2.12. The van der Waals surface area contributed by atoms with E-state index >= 15 is 0 Å². The molecule has 0 fully saturated rings. The number of nitrogens with one attached hydrogen (secondary N) is 1. The molecule has 0 rings (SSSR count). The van der Waals surface area contributed by atoms with E-state index in [1.165, 1.54) is 0 Å². The second kappa shape index (κ2) is 4.34. The number of hydrogen-bond acceptors (Lipinski definition) is 2. The van der Waals surface area contributed by atoms with Gasteiger partial charge in [0.05, 0.1) is 0 Å². The maximum absolute atomic E-state index is 10.8. The average Bonchev–Trinajstić information content (AvgIpc) is 2.04. The second-order valence-electron chi connectivity index (χ2n) is 2.97. The van der Waals surface area contributed by atoms with Gasteiger partial charge in [0, 0.05) is 5.54 Å². The molecule has 0 aliphatic rings. The van der Waals surface area contributed by atoms with E-state index in [0.717, 1.165) is 12.8 Å². The van der Waals surface area contributed by atoms with Gasteiger partial charge in [-0.2, -0.15) is 0 Å². The summed E-state index contributed by atoms with van der Waals surface area (Å²) < 4.78 is 0. The molecule has 0 heterocycles. The van der Waals surface area contributed by atoms with Crippen LogP contribution in [0.1, 0.15) is 33.6 Å². The maximum atomic E-state index is 10.8. The summed E-state index contributed by atoms with van der Waals surface area (Å²) in [4.78, 5) is 10.8. The van der Waals surface area contributed by atoms with E-state index in [1.54, 1.807) is 0 Å². The maximum Gasteiger partial charge on any atom is 0.246 e. The van der Waals surface area contributed by atoms with Crippen LogP contribution in [0.4, 0.5) is 0 Å². The lowest BCUT2D eigenvalue weighted by atomic mass is 9.96. The summed E-state index contributed by atoms with van der Waals surface area (Å²) in [5.74, 6) is -0.295. The monoisotopic (exact) mass is 159 g/mol. The predicted molar refractivity (Wildman–Crippen MR) is 44.2 cm³/mol. The molecule has 0 aromatic carbocycles. The van der Waals surface area contributed by atoms with Gasteiger partial charge in [0.1, 0.15) is 6.61 Å². The summed E-state index contributed by atoms with van der Waals surface area (Å²) in [7, 11) is 0. The van der Waals surface area contributed by atoms with Gasteiger partial charge in [0.2, 0.25) is 5.91 Å². The molecule has 0 bridgehead atoms. The first-order valence-electron chi connectivity index (χ1n) is 4.00. The number of carbonyl (C=O) groups is 1. The van der Waals surface area contributed by atoms with Gasteiger partial charge in [0.15, 0.2) is 0 Å². The van der Waals surface area contributed by atoms with Crippen LogP contribution in [0.15, 0.2) is 0 Å². The van der Waals surface area contributed by atoms with Gasteiger partial charge in [0.25, 0.3) is 0 Å². The summed E-state index contributed by atoms with van der Waals surface area (Å²) in [5, 5.41) is 11.2. The zero-order valence-electron chi connectivity index (χ0n) is 7.48. The van der Waals surface area contributed by atoms with Crippen LogP contribution in [0.25, 0.3) is 0 Å². The molecule has 66 valence electrons. The predicted octanol–water partition coefficient (Wildman–Crippen LogP) is 0.674. The summed E-state index contributed by atoms with van der Waals surface area (Å²) >= 11 is 0. The largest absolute Gasteiger partial charge is 0.387 e. The van der Waals surface area contributed by atoms with Gasteiger partial charge in [-0.1, -0.05) is 13.8 Å². The van der Waals surface area contributed by atoms with Crippen molar-refractivity contribution < 1.29 is 9.90 Å². The molecule has 0 saturated carbocycles. The highest BCUT2D eigenvalue weighted by atomic mass is 16.3. The van der Waals surface area contributed by atoms with Crippen molar-refractivity contribution in [1.82, 2.24) is 5.32 Å². The van der Waals surface area contributed by atoms with E-state index in [9.17, 15) is 4.79 Å². The third-order valence-electron chi connectivity index (χ3n) is 2.15. The van der Waals surface area contributed by atoms with E-state index in [2.05, 4.69) is 5.32 Å². The minimum Gasteiger partial charge on any atom is -0.387 e. The lowest BCUT2D eigenvalue weighted by Crippen LogP contribution is -2.46. The Bertz CT molecular complexity index is 130. The Hall–Kier alpha value is -0.570.